The van der Waals surface area contributed by atoms with Gasteiger partial charge >= 0.3 is 0 Å². The number of amides is 1. The van der Waals surface area contributed by atoms with E-state index in [4.69, 9.17) is 9.47 Å². The highest BCUT2D eigenvalue weighted by atomic mass is 32.2. The van der Waals surface area contributed by atoms with Gasteiger partial charge in [-0.05, 0) is 29.8 Å². The van der Waals surface area contributed by atoms with Gasteiger partial charge in [-0.15, -0.1) is 10.2 Å². The van der Waals surface area contributed by atoms with Crippen molar-refractivity contribution in [3.05, 3.63) is 59.9 Å². The Balaban J connectivity index is 1.17. The number of aromatic nitrogens is 2. The Morgan fingerprint density at radius 1 is 1.17 bits per heavy atom. The van der Waals surface area contributed by atoms with Gasteiger partial charge in [0.05, 0.1) is 12.3 Å². The van der Waals surface area contributed by atoms with Crippen molar-refractivity contribution in [1.29, 1.82) is 0 Å². The minimum atomic E-state index is -0.265. The van der Waals surface area contributed by atoms with Gasteiger partial charge in [-0.1, -0.05) is 47.4 Å². The molecular weight excluding hydrogens is 427 g/mol. The van der Waals surface area contributed by atoms with E-state index in [2.05, 4.69) is 20.8 Å². The highest BCUT2D eigenvalue weighted by Gasteiger charge is 2.21. The smallest absolute Gasteiger partial charge is 0.230 e. The second-order valence-electron chi connectivity index (χ2n) is 6.44. The number of halogens is 1. The van der Waals surface area contributed by atoms with E-state index in [0.717, 1.165) is 11.3 Å². The van der Waals surface area contributed by atoms with Crippen LogP contribution in [-0.4, -0.2) is 41.1 Å². The topological polar surface area (TPSA) is 85.4 Å². The van der Waals surface area contributed by atoms with Crippen molar-refractivity contribution in [3.63, 3.8) is 0 Å². The molecule has 156 valence electrons. The van der Waals surface area contributed by atoms with E-state index in [0.29, 0.717) is 34.9 Å². The summed E-state index contributed by atoms with van der Waals surface area (Å²) >= 11 is 2.69. The van der Waals surface area contributed by atoms with Crippen molar-refractivity contribution in [2.45, 2.75) is 17.0 Å². The zero-order valence-corrected chi connectivity index (χ0v) is 17.5. The molecule has 4 rings (SSSR count). The lowest BCUT2D eigenvalue weighted by atomic mass is 10.2. The predicted molar refractivity (Wildman–Crippen MR) is 114 cm³/mol. The highest BCUT2D eigenvalue weighted by molar-refractivity contribution is 8.01. The first-order valence-corrected chi connectivity index (χ1v) is 11.1. The molecule has 1 amide bonds. The van der Waals surface area contributed by atoms with Gasteiger partial charge in [0.15, 0.2) is 15.8 Å². The highest BCUT2D eigenvalue weighted by Crippen LogP contribution is 2.30. The molecule has 1 aliphatic rings. The number of hydrogen-bond acceptors (Lipinski definition) is 8. The van der Waals surface area contributed by atoms with E-state index < -0.39 is 0 Å². The molecule has 0 aliphatic carbocycles. The summed E-state index contributed by atoms with van der Waals surface area (Å²) < 4.78 is 25.1. The van der Waals surface area contributed by atoms with Crippen LogP contribution in [0.2, 0.25) is 0 Å². The number of nitrogens with one attached hydrogen (secondary N) is 2. The number of nitrogens with zero attached hydrogens (tertiary/aromatic N) is 2. The SMILES string of the molecule is O=C(CSc1nnc(NCc2ccc(F)cc2)s1)NC[C@@H]1COc2ccccc2O1. The first kappa shape index (κ1) is 20.4. The number of para-hydroxylation sites is 2. The van der Waals surface area contributed by atoms with Crippen LogP contribution < -0.4 is 20.1 Å². The second kappa shape index (κ2) is 9.77. The van der Waals surface area contributed by atoms with Gasteiger partial charge in [-0.3, -0.25) is 4.79 Å². The van der Waals surface area contributed by atoms with Crippen molar-refractivity contribution in [3.8, 4) is 11.5 Å². The quantitative estimate of drug-likeness (QED) is 0.514. The fourth-order valence-corrected chi connectivity index (χ4v) is 4.27. The summed E-state index contributed by atoms with van der Waals surface area (Å²) in [4.78, 5) is 12.1. The maximum atomic E-state index is 12.9. The minimum absolute atomic E-state index is 0.113. The van der Waals surface area contributed by atoms with E-state index in [1.54, 1.807) is 12.1 Å². The Morgan fingerprint density at radius 2 is 1.97 bits per heavy atom. The van der Waals surface area contributed by atoms with Gasteiger partial charge in [0, 0.05) is 6.54 Å². The van der Waals surface area contributed by atoms with Gasteiger partial charge in [-0.25, -0.2) is 4.39 Å². The van der Waals surface area contributed by atoms with Crippen LogP contribution in [0, 0.1) is 5.82 Å². The molecule has 30 heavy (non-hydrogen) atoms. The Labute approximate surface area is 181 Å². The van der Waals surface area contributed by atoms with Crippen molar-refractivity contribution in [1.82, 2.24) is 15.5 Å². The fraction of sp³-hybridized carbons (Fsp3) is 0.250. The first-order valence-electron chi connectivity index (χ1n) is 9.25. The number of benzene rings is 2. The molecule has 0 saturated carbocycles. The van der Waals surface area contributed by atoms with Crippen molar-refractivity contribution in [2.75, 3.05) is 24.2 Å². The summed E-state index contributed by atoms with van der Waals surface area (Å²) in [6.07, 6.45) is -0.224. The molecule has 0 bridgehead atoms. The van der Waals surface area contributed by atoms with E-state index in [1.165, 1.54) is 35.2 Å². The van der Waals surface area contributed by atoms with Gasteiger partial charge in [0.1, 0.15) is 18.5 Å². The van der Waals surface area contributed by atoms with Crippen LogP contribution in [-0.2, 0) is 11.3 Å². The van der Waals surface area contributed by atoms with Gasteiger partial charge in [0.2, 0.25) is 11.0 Å². The Morgan fingerprint density at radius 3 is 2.80 bits per heavy atom. The third-order valence-corrected chi connectivity index (χ3v) is 6.20. The summed E-state index contributed by atoms with van der Waals surface area (Å²) in [6.45, 7) is 1.28. The first-order chi connectivity index (χ1) is 14.7. The summed E-state index contributed by atoms with van der Waals surface area (Å²) in [6, 6.07) is 13.7. The number of fused-ring (bicyclic) bond motifs is 1. The van der Waals surface area contributed by atoms with Crippen LogP contribution >= 0.6 is 23.1 Å². The van der Waals surface area contributed by atoms with Crippen LogP contribution in [0.5, 0.6) is 11.5 Å². The largest absolute Gasteiger partial charge is 0.486 e. The number of hydrogen-bond donors (Lipinski definition) is 2. The lowest BCUT2D eigenvalue weighted by Crippen LogP contribution is -2.41. The number of thioether (sulfide) groups is 1. The molecule has 7 nitrogen and oxygen atoms in total. The van der Waals surface area contributed by atoms with Crippen molar-refractivity contribution < 1.29 is 18.7 Å². The van der Waals surface area contributed by atoms with Crippen molar-refractivity contribution >= 4 is 34.1 Å². The summed E-state index contributed by atoms with van der Waals surface area (Å²) in [5.74, 6) is 1.26. The van der Waals surface area contributed by atoms with Crippen LogP contribution in [0.3, 0.4) is 0 Å². The Kier molecular flexibility index (Phi) is 6.65. The van der Waals surface area contributed by atoms with E-state index in [-0.39, 0.29) is 23.6 Å². The zero-order valence-electron chi connectivity index (χ0n) is 15.8. The van der Waals surface area contributed by atoms with E-state index >= 15 is 0 Å². The monoisotopic (exact) mass is 446 g/mol. The Hall–Kier alpha value is -2.85. The number of rotatable bonds is 8. The standard InChI is InChI=1S/C20H19FN4O3S2/c21-14-7-5-13(6-8-14)9-23-19-24-25-20(30-19)29-12-18(26)22-10-15-11-27-16-3-1-2-4-17(16)28-15/h1-8,15H,9-12H2,(H,22,26)(H,23,24)/t15-/m1/s1. The molecular formula is C20H19FN4O3S2. The molecule has 2 aromatic carbocycles. The van der Waals surface area contributed by atoms with Crippen LogP contribution in [0.4, 0.5) is 9.52 Å². The van der Waals surface area contributed by atoms with Gasteiger partial charge in [-0.2, -0.15) is 0 Å². The third kappa shape index (κ3) is 5.61. The van der Waals surface area contributed by atoms with Gasteiger partial charge in [0.25, 0.3) is 0 Å². The van der Waals surface area contributed by atoms with E-state index in [1.807, 2.05) is 24.3 Å². The summed E-state index contributed by atoms with van der Waals surface area (Å²) in [5, 5.41) is 14.8. The molecule has 0 fully saturated rings. The molecule has 1 aromatic heterocycles. The third-order valence-electron chi connectivity index (χ3n) is 4.18. The molecule has 1 aliphatic heterocycles. The molecule has 0 unspecified atom stereocenters. The molecule has 3 aromatic rings. The number of anilines is 1. The average molecular weight is 447 g/mol. The maximum Gasteiger partial charge on any atom is 0.230 e. The number of carbonyl (C=O) groups is 1. The van der Waals surface area contributed by atoms with E-state index in [9.17, 15) is 9.18 Å². The molecule has 0 spiro atoms. The molecule has 2 heterocycles. The Bertz CT molecular complexity index is 1000. The summed E-state index contributed by atoms with van der Waals surface area (Å²) in [5.41, 5.74) is 0.941. The molecule has 1 atom stereocenters. The summed E-state index contributed by atoms with van der Waals surface area (Å²) in [7, 11) is 0. The molecule has 2 N–H and O–H groups in total. The fourth-order valence-electron chi connectivity index (χ4n) is 2.69. The minimum Gasteiger partial charge on any atom is -0.486 e. The normalized spacial score (nSPS) is 14.9. The molecule has 0 radical (unpaired) electrons. The molecule has 0 saturated heterocycles. The lowest BCUT2D eigenvalue weighted by molar-refractivity contribution is -0.119. The lowest BCUT2D eigenvalue weighted by Gasteiger charge is -2.26. The van der Waals surface area contributed by atoms with Crippen LogP contribution in [0.1, 0.15) is 5.56 Å². The predicted octanol–water partition coefficient (Wildman–Crippen LogP) is 3.34. The van der Waals surface area contributed by atoms with Crippen molar-refractivity contribution in [2.24, 2.45) is 0 Å². The van der Waals surface area contributed by atoms with Crippen LogP contribution in [0.15, 0.2) is 52.9 Å². The van der Waals surface area contributed by atoms with Crippen LogP contribution in [0.25, 0.3) is 0 Å². The number of ether oxygens (including phenoxy) is 2. The number of carbonyl (C=O) groups excluding carboxylic acids is 1. The van der Waals surface area contributed by atoms with Gasteiger partial charge < -0.3 is 20.1 Å². The maximum absolute atomic E-state index is 12.9. The molecule has 10 heteroatoms. The zero-order chi connectivity index (χ0) is 20.8. The average Bonchev–Trinajstić information content (AvgIpc) is 3.23. The second-order valence-corrected chi connectivity index (χ2v) is 8.64.